The maximum absolute atomic E-state index is 14.4. The second-order valence-corrected chi connectivity index (χ2v) is 11.4. The Morgan fingerprint density at radius 2 is 1.26 bits per heavy atom. The molecule has 0 bridgehead atoms. The molecule has 0 spiro atoms. The summed E-state index contributed by atoms with van der Waals surface area (Å²) in [5.41, 5.74) is 6.37. The number of hydrogen-bond donors (Lipinski definition) is 1. The third kappa shape index (κ3) is 7.51. The monoisotopic (exact) mass is 605 g/mol. The molecule has 1 amide bonds. The lowest BCUT2D eigenvalue weighted by Crippen LogP contribution is -2.30. The number of fused-ring (bicyclic) bond motifs is 1. The van der Waals surface area contributed by atoms with Crippen LogP contribution in [0.3, 0.4) is 0 Å². The van der Waals surface area contributed by atoms with Gasteiger partial charge in [0, 0.05) is 30.6 Å². The van der Waals surface area contributed by atoms with Gasteiger partial charge in [0.25, 0.3) is 5.91 Å². The van der Waals surface area contributed by atoms with Crippen LogP contribution in [-0.2, 0) is 13.1 Å². The summed E-state index contributed by atoms with van der Waals surface area (Å²) in [6, 6.07) is 48.8. The molecule has 0 unspecified atom stereocenters. The number of pyridine rings is 1. The van der Waals surface area contributed by atoms with Crippen molar-refractivity contribution in [2.45, 2.75) is 32.5 Å². The van der Waals surface area contributed by atoms with Crippen LogP contribution in [-0.4, -0.2) is 28.9 Å². The SMILES string of the molecule is CC[C@H](NC(=O)c1c(OCCN(Cc2ccccc2)Cc2ccccc2)c(-c2ccccc2)nc2ccccc12)c1ccccc1. The van der Waals surface area contributed by atoms with Crippen molar-refractivity contribution in [1.82, 2.24) is 15.2 Å². The van der Waals surface area contributed by atoms with E-state index in [0.29, 0.717) is 30.2 Å². The molecular formula is C41H39N3O2. The van der Waals surface area contributed by atoms with E-state index in [2.05, 4.69) is 77.8 Å². The van der Waals surface area contributed by atoms with Gasteiger partial charge in [0.05, 0.1) is 17.1 Å². The second-order valence-electron chi connectivity index (χ2n) is 11.4. The van der Waals surface area contributed by atoms with Crippen molar-refractivity contribution in [3.05, 3.63) is 168 Å². The van der Waals surface area contributed by atoms with Crippen molar-refractivity contribution in [3.63, 3.8) is 0 Å². The molecule has 0 radical (unpaired) electrons. The Morgan fingerprint density at radius 3 is 1.87 bits per heavy atom. The van der Waals surface area contributed by atoms with Crippen molar-refractivity contribution >= 4 is 16.8 Å². The van der Waals surface area contributed by atoms with Gasteiger partial charge in [0.1, 0.15) is 12.3 Å². The van der Waals surface area contributed by atoms with Crippen LogP contribution in [0.2, 0.25) is 0 Å². The van der Waals surface area contributed by atoms with Gasteiger partial charge in [0.2, 0.25) is 0 Å². The molecule has 6 rings (SSSR count). The van der Waals surface area contributed by atoms with Gasteiger partial charge in [-0.15, -0.1) is 0 Å². The molecule has 1 atom stereocenters. The molecule has 0 fully saturated rings. The number of nitrogens with zero attached hydrogens (tertiary/aromatic N) is 2. The Kier molecular flexibility index (Phi) is 10.1. The number of ether oxygens (including phenoxy) is 1. The number of nitrogens with one attached hydrogen (secondary N) is 1. The third-order valence-electron chi connectivity index (χ3n) is 8.19. The predicted octanol–water partition coefficient (Wildman–Crippen LogP) is 8.86. The Labute approximate surface area is 271 Å². The number of para-hydroxylation sites is 1. The quantitative estimate of drug-likeness (QED) is 0.143. The lowest BCUT2D eigenvalue weighted by atomic mass is 10.00. The number of hydrogen-bond acceptors (Lipinski definition) is 4. The van der Waals surface area contributed by atoms with Crippen LogP contribution in [0.25, 0.3) is 22.2 Å². The van der Waals surface area contributed by atoms with Crippen LogP contribution in [0.4, 0.5) is 0 Å². The smallest absolute Gasteiger partial charge is 0.256 e. The highest BCUT2D eigenvalue weighted by molar-refractivity contribution is 6.10. The third-order valence-corrected chi connectivity index (χ3v) is 8.19. The zero-order valence-corrected chi connectivity index (χ0v) is 26.2. The summed E-state index contributed by atoms with van der Waals surface area (Å²) in [6.45, 7) is 4.69. The van der Waals surface area contributed by atoms with Crippen LogP contribution in [0.15, 0.2) is 146 Å². The van der Waals surface area contributed by atoms with Gasteiger partial charge >= 0.3 is 0 Å². The molecule has 5 heteroatoms. The maximum Gasteiger partial charge on any atom is 0.256 e. The standard InChI is InChI=1S/C41H39N3O2/c1-2-36(33-21-11-5-12-22-33)43-41(45)38-35-25-15-16-26-37(35)42-39(34-23-13-6-14-24-34)40(38)46-28-27-44(29-31-17-7-3-8-18-31)30-32-19-9-4-10-20-32/h3-26,36H,2,27-30H2,1H3,(H,43,45)/t36-/m0/s1. The lowest BCUT2D eigenvalue weighted by Gasteiger charge is -2.24. The molecule has 0 saturated carbocycles. The number of carbonyl (C=O) groups is 1. The van der Waals surface area contributed by atoms with Crippen LogP contribution in [0.5, 0.6) is 5.75 Å². The summed E-state index contributed by atoms with van der Waals surface area (Å²) in [5.74, 6) is 0.330. The zero-order valence-electron chi connectivity index (χ0n) is 26.2. The number of amides is 1. The first-order valence-corrected chi connectivity index (χ1v) is 16.0. The van der Waals surface area contributed by atoms with E-state index in [9.17, 15) is 4.79 Å². The fourth-order valence-electron chi connectivity index (χ4n) is 5.86. The van der Waals surface area contributed by atoms with Crippen molar-refractivity contribution in [3.8, 4) is 17.0 Å². The molecular weight excluding hydrogens is 566 g/mol. The molecule has 230 valence electrons. The summed E-state index contributed by atoms with van der Waals surface area (Å²) >= 11 is 0. The number of carbonyl (C=O) groups excluding carboxylic acids is 1. The van der Waals surface area contributed by atoms with E-state index in [4.69, 9.17) is 9.72 Å². The molecule has 1 aromatic heterocycles. The predicted molar refractivity (Wildman–Crippen MR) is 187 cm³/mol. The normalized spacial score (nSPS) is 11.8. The second kappa shape index (κ2) is 15.2. The number of rotatable bonds is 13. The highest BCUT2D eigenvalue weighted by Gasteiger charge is 2.25. The van der Waals surface area contributed by atoms with Gasteiger partial charge < -0.3 is 10.1 Å². The van der Waals surface area contributed by atoms with Gasteiger partial charge in [-0.1, -0.05) is 146 Å². The van der Waals surface area contributed by atoms with Crippen LogP contribution in [0.1, 0.15) is 46.4 Å². The summed E-state index contributed by atoms with van der Waals surface area (Å²) in [7, 11) is 0. The minimum Gasteiger partial charge on any atom is -0.489 e. The largest absolute Gasteiger partial charge is 0.489 e. The average Bonchev–Trinajstić information content (AvgIpc) is 3.11. The Morgan fingerprint density at radius 1 is 0.717 bits per heavy atom. The van der Waals surface area contributed by atoms with Crippen molar-refractivity contribution in [2.24, 2.45) is 0 Å². The first-order valence-electron chi connectivity index (χ1n) is 16.0. The molecule has 5 aromatic carbocycles. The fraction of sp³-hybridized carbons (Fsp3) is 0.171. The number of aromatic nitrogens is 1. The first-order chi connectivity index (χ1) is 22.7. The van der Waals surface area contributed by atoms with Crippen molar-refractivity contribution < 1.29 is 9.53 Å². The van der Waals surface area contributed by atoms with Crippen molar-refractivity contribution in [2.75, 3.05) is 13.2 Å². The maximum atomic E-state index is 14.4. The minimum atomic E-state index is -0.174. The van der Waals surface area contributed by atoms with Gasteiger partial charge in [-0.05, 0) is 29.2 Å². The molecule has 0 aliphatic rings. The fourth-order valence-corrected chi connectivity index (χ4v) is 5.86. The number of benzene rings is 5. The molecule has 6 aromatic rings. The van der Waals surface area contributed by atoms with E-state index in [1.54, 1.807) is 0 Å². The van der Waals surface area contributed by atoms with E-state index < -0.39 is 0 Å². The highest BCUT2D eigenvalue weighted by atomic mass is 16.5. The van der Waals surface area contributed by atoms with E-state index in [1.807, 2.05) is 84.9 Å². The van der Waals surface area contributed by atoms with Crippen LogP contribution >= 0.6 is 0 Å². The zero-order chi connectivity index (χ0) is 31.6. The molecule has 5 nitrogen and oxygen atoms in total. The average molecular weight is 606 g/mol. The Bertz CT molecular complexity index is 1800. The van der Waals surface area contributed by atoms with Gasteiger partial charge in [-0.3, -0.25) is 9.69 Å². The summed E-state index contributed by atoms with van der Waals surface area (Å²) in [6.07, 6.45) is 0.758. The molecule has 46 heavy (non-hydrogen) atoms. The summed E-state index contributed by atoms with van der Waals surface area (Å²) in [5, 5.41) is 4.08. The van der Waals surface area contributed by atoms with Crippen molar-refractivity contribution in [1.29, 1.82) is 0 Å². The molecule has 1 N–H and O–H groups in total. The summed E-state index contributed by atoms with van der Waals surface area (Å²) < 4.78 is 6.71. The lowest BCUT2D eigenvalue weighted by molar-refractivity contribution is 0.0932. The van der Waals surface area contributed by atoms with E-state index >= 15 is 0 Å². The van der Waals surface area contributed by atoms with Gasteiger partial charge in [0.15, 0.2) is 5.75 Å². The van der Waals surface area contributed by atoms with Gasteiger partial charge in [-0.2, -0.15) is 0 Å². The van der Waals surface area contributed by atoms with E-state index in [-0.39, 0.29) is 11.9 Å². The molecule has 0 aliphatic heterocycles. The Balaban J connectivity index is 1.36. The Hall–Kier alpha value is -5.26. The van der Waals surface area contributed by atoms with Crippen LogP contribution < -0.4 is 10.1 Å². The first kappa shape index (κ1) is 30.8. The minimum absolute atomic E-state index is 0.138. The van der Waals surface area contributed by atoms with E-state index in [1.165, 1.54) is 11.1 Å². The van der Waals surface area contributed by atoms with Crippen LogP contribution in [0, 0.1) is 0 Å². The molecule has 0 aliphatic carbocycles. The topological polar surface area (TPSA) is 54.5 Å². The van der Waals surface area contributed by atoms with E-state index in [0.717, 1.165) is 41.5 Å². The molecule has 0 saturated heterocycles. The summed E-state index contributed by atoms with van der Waals surface area (Å²) in [4.78, 5) is 21.8. The highest BCUT2D eigenvalue weighted by Crippen LogP contribution is 2.37. The molecule has 1 heterocycles. The van der Waals surface area contributed by atoms with Gasteiger partial charge in [-0.25, -0.2) is 4.98 Å².